The first-order valence-electron chi connectivity index (χ1n) is 5.96. The lowest BCUT2D eigenvalue weighted by Gasteiger charge is -2.24. The van der Waals surface area contributed by atoms with Crippen LogP contribution >= 0.6 is 0 Å². The van der Waals surface area contributed by atoms with E-state index in [1.165, 1.54) is 6.07 Å². The van der Waals surface area contributed by atoms with Crippen LogP contribution < -0.4 is 5.32 Å². The quantitative estimate of drug-likeness (QED) is 0.890. The molecule has 2 rings (SSSR count). The van der Waals surface area contributed by atoms with E-state index in [4.69, 9.17) is 4.74 Å². The molecule has 1 fully saturated rings. The molecule has 4 nitrogen and oxygen atoms in total. The molecule has 0 bridgehead atoms. The number of likely N-dealkylation sites (N-methyl/N-ethyl adjacent to an activating group) is 1. The maximum Gasteiger partial charge on any atom is 0.256 e. The van der Waals surface area contributed by atoms with Gasteiger partial charge in [-0.2, -0.15) is 0 Å². The number of hydrogen-bond donors (Lipinski definition) is 1. The van der Waals surface area contributed by atoms with Crippen LogP contribution in [0.2, 0.25) is 0 Å². The Morgan fingerprint density at radius 1 is 1.56 bits per heavy atom. The Hall–Kier alpha value is -1.62. The van der Waals surface area contributed by atoms with Crippen molar-refractivity contribution in [2.45, 2.75) is 12.5 Å². The van der Waals surface area contributed by atoms with Gasteiger partial charge in [0, 0.05) is 20.7 Å². The van der Waals surface area contributed by atoms with Gasteiger partial charge in [0.15, 0.2) is 0 Å². The molecule has 18 heavy (non-hydrogen) atoms. The predicted molar refractivity (Wildman–Crippen MR) is 67.3 cm³/mol. The van der Waals surface area contributed by atoms with Gasteiger partial charge in [0.2, 0.25) is 0 Å². The number of amides is 1. The minimum absolute atomic E-state index is 0.0745. The maximum atomic E-state index is 13.6. The highest BCUT2D eigenvalue weighted by Crippen LogP contribution is 2.22. The van der Waals surface area contributed by atoms with Gasteiger partial charge in [-0.15, -0.1) is 0 Å². The minimum atomic E-state index is -0.417. The van der Waals surface area contributed by atoms with Gasteiger partial charge in [-0.05, 0) is 18.6 Å². The molecular formula is C13H17FN2O2. The Kier molecular flexibility index (Phi) is 3.81. The van der Waals surface area contributed by atoms with Crippen LogP contribution in [-0.4, -0.2) is 44.2 Å². The van der Waals surface area contributed by atoms with Crippen molar-refractivity contribution >= 4 is 11.6 Å². The Labute approximate surface area is 106 Å². The van der Waals surface area contributed by atoms with E-state index >= 15 is 0 Å². The zero-order chi connectivity index (χ0) is 13.1. The first-order chi connectivity index (χ1) is 8.65. The smallest absolute Gasteiger partial charge is 0.256 e. The Balaban J connectivity index is 2.25. The molecule has 0 saturated carbocycles. The fourth-order valence-corrected chi connectivity index (χ4v) is 2.14. The molecule has 1 atom stereocenters. The lowest BCUT2D eigenvalue weighted by Crippen LogP contribution is -2.37. The molecule has 1 heterocycles. The average molecular weight is 252 g/mol. The third-order valence-electron chi connectivity index (χ3n) is 3.27. The molecule has 0 spiro atoms. The fraction of sp³-hybridized carbons (Fsp3) is 0.462. The van der Waals surface area contributed by atoms with Crippen molar-refractivity contribution in [3.63, 3.8) is 0 Å². The SMILES string of the molecule is CNc1c(F)cccc1C(=O)N(C)C1CCOC1. The number of hydrogen-bond acceptors (Lipinski definition) is 3. The molecule has 1 saturated heterocycles. The molecule has 1 N–H and O–H groups in total. The summed E-state index contributed by atoms with van der Waals surface area (Å²) < 4.78 is 18.9. The summed E-state index contributed by atoms with van der Waals surface area (Å²) in [7, 11) is 3.33. The van der Waals surface area contributed by atoms with Crippen LogP contribution in [0.1, 0.15) is 16.8 Å². The second-order valence-corrected chi connectivity index (χ2v) is 4.35. The number of carbonyl (C=O) groups is 1. The second kappa shape index (κ2) is 5.35. The van der Waals surface area contributed by atoms with Crippen molar-refractivity contribution < 1.29 is 13.9 Å². The number of para-hydroxylation sites is 1. The summed E-state index contributed by atoms with van der Waals surface area (Å²) in [6.45, 7) is 1.22. The number of benzene rings is 1. The summed E-state index contributed by atoms with van der Waals surface area (Å²) in [6.07, 6.45) is 0.826. The predicted octanol–water partition coefficient (Wildman–Crippen LogP) is 1.73. The van der Waals surface area contributed by atoms with Crippen molar-refractivity contribution in [3.05, 3.63) is 29.6 Å². The normalized spacial score (nSPS) is 18.7. The molecule has 1 aromatic rings. The van der Waals surface area contributed by atoms with Gasteiger partial charge in [0.25, 0.3) is 5.91 Å². The van der Waals surface area contributed by atoms with Gasteiger partial charge in [0.05, 0.1) is 23.9 Å². The highest BCUT2D eigenvalue weighted by Gasteiger charge is 2.26. The molecule has 5 heteroatoms. The van der Waals surface area contributed by atoms with Crippen LogP contribution in [0.3, 0.4) is 0 Å². The molecule has 0 aromatic heterocycles. The summed E-state index contributed by atoms with van der Waals surface area (Å²) in [5.74, 6) is -0.603. The topological polar surface area (TPSA) is 41.6 Å². The first-order valence-corrected chi connectivity index (χ1v) is 5.96. The van der Waals surface area contributed by atoms with Crippen LogP contribution in [-0.2, 0) is 4.74 Å². The Bertz CT molecular complexity index is 445. The Morgan fingerprint density at radius 2 is 2.33 bits per heavy atom. The van der Waals surface area contributed by atoms with E-state index < -0.39 is 5.82 Å². The summed E-state index contributed by atoms with van der Waals surface area (Å²) in [4.78, 5) is 14.0. The van der Waals surface area contributed by atoms with Gasteiger partial charge in [-0.25, -0.2) is 4.39 Å². The van der Waals surface area contributed by atoms with Crippen molar-refractivity contribution in [1.82, 2.24) is 4.90 Å². The van der Waals surface area contributed by atoms with Crippen LogP contribution in [0.25, 0.3) is 0 Å². The van der Waals surface area contributed by atoms with E-state index in [2.05, 4.69) is 5.32 Å². The molecular weight excluding hydrogens is 235 g/mol. The minimum Gasteiger partial charge on any atom is -0.385 e. The van der Waals surface area contributed by atoms with E-state index in [0.29, 0.717) is 18.8 Å². The van der Waals surface area contributed by atoms with Gasteiger partial charge in [0.1, 0.15) is 5.82 Å². The number of rotatable bonds is 3. The molecule has 1 aromatic carbocycles. The van der Waals surface area contributed by atoms with Gasteiger partial charge >= 0.3 is 0 Å². The largest absolute Gasteiger partial charge is 0.385 e. The number of halogens is 1. The summed E-state index contributed by atoms with van der Waals surface area (Å²) in [6, 6.07) is 4.58. The average Bonchev–Trinajstić information content (AvgIpc) is 2.90. The summed E-state index contributed by atoms with van der Waals surface area (Å²) >= 11 is 0. The van der Waals surface area contributed by atoms with Gasteiger partial charge < -0.3 is 15.0 Å². The third kappa shape index (κ3) is 2.31. The first kappa shape index (κ1) is 12.8. The van der Waals surface area contributed by atoms with E-state index in [1.54, 1.807) is 31.1 Å². The van der Waals surface area contributed by atoms with Crippen molar-refractivity contribution in [1.29, 1.82) is 0 Å². The standard InChI is InChI=1S/C13H17FN2O2/c1-15-12-10(4-3-5-11(12)14)13(17)16(2)9-6-7-18-8-9/h3-5,9,15H,6-8H2,1-2H3. The molecule has 0 aliphatic carbocycles. The molecule has 98 valence electrons. The van der Waals surface area contributed by atoms with Crippen LogP contribution in [0.15, 0.2) is 18.2 Å². The maximum absolute atomic E-state index is 13.6. The lowest BCUT2D eigenvalue weighted by atomic mass is 10.1. The summed E-state index contributed by atoms with van der Waals surface area (Å²) in [5.41, 5.74) is 0.597. The zero-order valence-corrected chi connectivity index (χ0v) is 10.6. The highest BCUT2D eigenvalue weighted by atomic mass is 19.1. The van der Waals surface area contributed by atoms with Crippen molar-refractivity contribution in [3.8, 4) is 0 Å². The highest BCUT2D eigenvalue weighted by molar-refractivity contribution is 5.99. The number of ether oxygens (including phenoxy) is 1. The zero-order valence-electron chi connectivity index (χ0n) is 10.6. The molecule has 1 aliphatic heterocycles. The fourth-order valence-electron chi connectivity index (χ4n) is 2.14. The lowest BCUT2D eigenvalue weighted by molar-refractivity contribution is 0.0712. The van der Waals surface area contributed by atoms with Crippen LogP contribution in [0.4, 0.5) is 10.1 Å². The van der Waals surface area contributed by atoms with Crippen molar-refractivity contribution in [2.24, 2.45) is 0 Å². The van der Waals surface area contributed by atoms with E-state index in [0.717, 1.165) is 6.42 Å². The van der Waals surface area contributed by atoms with Gasteiger partial charge in [-0.1, -0.05) is 6.07 Å². The van der Waals surface area contributed by atoms with Crippen LogP contribution in [0, 0.1) is 5.82 Å². The van der Waals surface area contributed by atoms with E-state index in [9.17, 15) is 9.18 Å². The number of nitrogens with one attached hydrogen (secondary N) is 1. The molecule has 0 radical (unpaired) electrons. The number of nitrogens with zero attached hydrogens (tertiary/aromatic N) is 1. The second-order valence-electron chi connectivity index (χ2n) is 4.35. The van der Waals surface area contributed by atoms with Gasteiger partial charge in [-0.3, -0.25) is 4.79 Å². The third-order valence-corrected chi connectivity index (χ3v) is 3.27. The monoisotopic (exact) mass is 252 g/mol. The Morgan fingerprint density at radius 3 is 2.94 bits per heavy atom. The molecule has 1 unspecified atom stereocenters. The number of anilines is 1. The number of carbonyl (C=O) groups excluding carboxylic acids is 1. The van der Waals surface area contributed by atoms with E-state index in [1.807, 2.05) is 0 Å². The van der Waals surface area contributed by atoms with E-state index in [-0.39, 0.29) is 17.6 Å². The van der Waals surface area contributed by atoms with Crippen molar-refractivity contribution in [2.75, 3.05) is 32.6 Å². The molecule has 1 aliphatic rings. The van der Waals surface area contributed by atoms with Crippen LogP contribution in [0.5, 0.6) is 0 Å². The molecule has 1 amide bonds. The summed E-state index contributed by atoms with van der Waals surface area (Å²) in [5, 5.41) is 2.74.